The lowest BCUT2D eigenvalue weighted by molar-refractivity contribution is 0.923. The average Bonchev–Trinajstić information content (AvgIpc) is 2.89. The van der Waals surface area contributed by atoms with Crippen molar-refractivity contribution in [1.29, 1.82) is 0 Å². The van der Waals surface area contributed by atoms with E-state index in [0.29, 0.717) is 12.5 Å². The molecule has 17 heavy (non-hydrogen) atoms. The number of rotatable bonds is 4. The highest BCUT2D eigenvalue weighted by atomic mass is 15.2. The van der Waals surface area contributed by atoms with Crippen LogP contribution in [0, 0.1) is 0 Å². The zero-order chi connectivity index (χ0) is 11.9. The van der Waals surface area contributed by atoms with Crippen molar-refractivity contribution in [1.82, 2.24) is 19.5 Å². The van der Waals surface area contributed by atoms with E-state index < -0.39 is 0 Å². The first-order valence-corrected chi connectivity index (χ1v) is 4.88. The second kappa shape index (κ2) is 5.43. The Kier molecular flexibility index (Phi) is 3.46. The molecule has 0 spiro atoms. The molecule has 2 aromatic heterocycles. The molecule has 84 valence electrons. The minimum atomic E-state index is 0.319. The van der Waals surface area contributed by atoms with Crippen molar-refractivity contribution in [3.63, 3.8) is 0 Å². The number of nitrogens with zero attached hydrogens (tertiary/aromatic N) is 7. The average molecular weight is 227 g/mol. The maximum Gasteiger partial charge on any atom is 0.234 e. The molecule has 0 N–H and O–H groups in total. The van der Waals surface area contributed by atoms with Crippen molar-refractivity contribution in [2.75, 3.05) is 6.54 Å². The molecule has 0 saturated heterocycles. The highest BCUT2D eigenvalue weighted by molar-refractivity contribution is 5.47. The van der Waals surface area contributed by atoms with E-state index in [1.165, 1.54) is 0 Å². The summed E-state index contributed by atoms with van der Waals surface area (Å²) in [4.78, 5) is 14.9. The van der Waals surface area contributed by atoms with Crippen LogP contribution < -0.4 is 0 Å². The summed E-state index contributed by atoms with van der Waals surface area (Å²) in [7, 11) is 0. The maximum absolute atomic E-state index is 8.10. The number of hydrogen-bond donors (Lipinski definition) is 0. The van der Waals surface area contributed by atoms with Gasteiger partial charge in [0, 0.05) is 41.8 Å². The summed E-state index contributed by atoms with van der Waals surface area (Å²) in [5.41, 5.74) is 8.95. The second-order valence-corrected chi connectivity index (χ2v) is 3.10. The molecule has 0 aliphatic heterocycles. The first kappa shape index (κ1) is 10.8. The predicted octanol–water partition coefficient (Wildman–Crippen LogP) is 1.99. The van der Waals surface area contributed by atoms with Crippen LogP contribution >= 0.6 is 0 Å². The van der Waals surface area contributed by atoms with E-state index in [9.17, 15) is 0 Å². The highest BCUT2D eigenvalue weighted by Gasteiger charge is 1.97. The predicted molar refractivity (Wildman–Crippen MR) is 62.2 cm³/mol. The van der Waals surface area contributed by atoms with E-state index in [2.05, 4.69) is 25.0 Å². The fourth-order valence-electron chi connectivity index (χ4n) is 1.20. The van der Waals surface area contributed by atoms with Crippen LogP contribution in [0.1, 0.15) is 5.56 Å². The zero-order valence-electron chi connectivity index (χ0n) is 8.88. The van der Waals surface area contributed by atoms with Gasteiger partial charge < -0.3 is 0 Å². The Hall–Kier alpha value is -2.66. The Morgan fingerprint density at radius 2 is 2.24 bits per heavy atom. The molecule has 0 radical (unpaired) electrons. The van der Waals surface area contributed by atoms with E-state index in [1.54, 1.807) is 47.8 Å². The fourth-order valence-corrected chi connectivity index (χ4v) is 1.20. The van der Waals surface area contributed by atoms with Crippen LogP contribution in [0.2, 0.25) is 0 Å². The van der Waals surface area contributed by atoms with Crippen LogP contribution in [-0.4, -0.2) is 26.1 Å². The van der Waals surface area contributed by atoms with E-state index in [4.69, 9.17) is 5.53 Å². The molecule has 0 unspecified atom stereocenters. The van der Waals surface area contributed by atoms with Gasteiger partial charge in [0.05, 0.1) is 0 Å². The zero-order valence-corrected chi connectivity index (χ0v) is 8.88. The van der Waals surface area contributed by atoms with Gasteiger partial charge in [-0.25, -0.2) is 15.0 Å². The molecule has 0 aliphatic carbocycles. The van der Waals surface area contributed by atoms with Crippen molar-refractivity contribution in [3.05, 3.63) is 53.2 Å². The molecule has 2 heterocycles. The van der Waals surface area contributed by atoms with Gasteiger partial charge in [-0.15, -0.1) is 0 Å². The van der Waals surface area contributed by atoms with Crippen LogP contribution in [0.3, 0.4) is 0 Å². The quantitative estimate of drug-likeness (QED) is 0.454. The number of imidazole rings is 1. The Labute approximate surface area is 97.1 Å². The number of hydrogen-bond acceptors (Lipinski definition) is 4. The van der Waals surface area contributed by atoms with Gasteiger partial charge >= 0.3 is 0 Å². The summed E-state index contributed by atoms with van der Waals surface area (Å²) in [6, 6.07) is 0. The molecule has 7 heteroatoms. The van der Waals surface area contributed by atoms with Gasteiger partial charge in [0.15, 0.2) is 0 Å². The SMILES string of the molecule is [N-]=[N+]=NCC=Cc1cnc(-n2ccnc2)nc1. The molecule has 2 rings (SSSR count). The first-order chi connectivity index (χ1) is 8.40. The van der Waals surface area contributed by atoms with E-state index in [0.717, 1.165) is 5.56 Å². The summed E-state index contributed by atoms with van der Waals surface area (Å²) in [6.45, 7) is 0.319. The molecule has 0 aromatic carbocycles. The Bertz CT molecular complexity index is 535. The van der Waals surface area contributed by atoms with Gasteiger partial charge in [0.1, 0.15) is 6.33 Å². The van der Waals surface area contributed by atoms with E-state index in [-0.39, 0.29) is 0 Å². The van der Waals surface area contributed by atoms with Gasteiger partial charge in [-0.05, 0) is 5.53 Å². The summed E-state index contributed by atoms with van der Waals surface area (Å²) < 4.78 is 1.72. The molecule has 0 saturated carbocycles. The third-order valence-electron chi connectivity index (χ3n) is 1.95. The molecular formula is C10H9N7. The molecule has 0 amide bonds. The number of azide groups is 1. The molecular weight excluding hydrogens is 218 g/mol. The molecule has 7 nitrogen and oxygen atoms in total. The van der Waals surface area contributed by atoms with Crippen molar-refractivity contribution in [2.24, 2.45) is 5.11 Å². The molecule has 0 fully saturated rings. The van der Waals surface area contributed by atoms with Gasteiger partial charge in [0.25, 0.3) is 0 Å². The van der Waals surface area contributed by atoms with Crippen LogP contribution in [-0.2, 0) is 0 Å². The lowest BCUT2D eigenvalue weighted by Gasteiger charge is -1.99. The van der Waals surface area contributed by atoms with Crippen molar-refractivity contribution < 1.29 is 0 Å². The topological polar surface area (TPSA) is 92.4 Å². The molecule has 0 atom stereocenters. The Morgan fingerprint density at radius 3 is 2.88 bits per heavy atom. The standard InChI is InChI=1S/C10H9N7/c11-16-15-3-1-2-9-6-13-10(14-7-9)17-5-4-12-8-17/h1-2,4-8H,3H2. The smallest absolute Gasteiger partial charge is 0.234 e. The van der Waals surface area contributed by atoms with Crippen LogP contribution in [0.15, 0.2) is 42.3 Å². The molecule has 0 aliphatic rings. The summed E-state index contributed by atoms with van der Waals surface area (Å²) in [5.74, 6) is 0.565. The lowest BCUT2D eigenvalue weighted by atomic mass is 10.3. The largest absolute Gasteiger partial charge is 0.274 e. The Morgan fingerprint density at radius 1 is 1.41 bits per heavy atom. The summed E-state index contributed by atoms with van der Waals surface area (Å²) >= 11 is 0. The fraction of sp³-hybridized carbons (Fsp3) is 0.100. The van der Waals surface area contributed by atoms with Crippen LogP contribution in [0.25, 0.3) is 22.5 Å². The van der Waals surface area contributed by atoms with Gasteiger partial charge in [-0.2, -0.15) is 0 Å². The van der Waals surface area contributed by atoms with Crippen molar-refractivity contribution in [2.45, 2.75) is 0 Å². The Balaban J connectivity index is 2.08. The molecule has 0 bridgehead atoms. The second-order valence-electron chi connectivity index (χ2n) is 3.10. The first-order valence-electron chi connectivity index (χ1n) is 4.88. The third-order valence-corrected chi connectivity index (χ3v) is 1.95. The minimum Gasteiger partial charge on any atom is -0.274 e. The van der Waals surface area contributed by atoms with Gasteiger partial charge in [-0.1, -0.05) is 17.3 Å². The number of aromatic nitrogens is 4. The normalized spacial score (nSPS) is 10.4. The third kappa shape index (κ3) is 2.90. The van der Waals surface area contributed by atoms with Gasteiger partial charge in [0.2, 0.25) is 5.95 Å². The minimum absolute atomic E-state index is 0.319. The van der Waals surface area contributed by atoms with Crippen molar-refractivity contribution >= 4 is 6.08 Å². The van der Waals surface area contributed by atoms with Crippen LogP contribution in [0.4, 0.5) is 0 Å². The lowest BCUT2D eigenvalue weighted by Crippen LogP contribution is -1.97. The van der Waals surface area contributed by atoms with Crippen LogP contribution in [0.5, 0.6) is 0 Å². The van der Waals surface area contributed by atoms with Crippen molar-refractivity contribution in [3.8, 4) is 5.95 Å². The maximum atomic E-state index is 8.10. The monoisotopic (exact) mass is 227 g/mol. The summed E-state index contributed by atoms with van der Waals surface area (Å²) in [5, 5.41) is 3.39. The van der Waals surface area contributed by atoms with E-state index in [1.807, 2.05) is 0 Å². The van der Waals surface area contributed by atoms with Gasteiger partial charge in [-0.3, -0.25) is 4.57 Å². The highest BCUT2D eigenvalue weighted by Crippen LogP contribution is 2.02. The van der Waals surface area contributed by atoms with E-state index >= 15 is 0 Å². The summed E-state index contributed by atoms with van der Waals surface area (Å²) in [6.07, 6.45) is 12.0. The molecule has 2 aromatic rings.